The number of rotatable bonds is 3. The minimum Gasteiger partial charge on any atom is -0.389 e. The van der Waals surface area contributed by atoms with Crippen molar-refractivity contribution in [3.63, 3.8) is 0 Å². The van der Waals surface area contributed by atoms with Gasteiger partial charge in [0.25, 0.3) is 6.04 Å². The fourth-order valence-corrected chi connectivity index (χ4v) is 1.93. The highest BCUT2D eigenvalue weighted by atomic mass is 16.6. The Balaban J connectivity index is 2.68. The number of nitrogens with zero attached hydrogens (tertiary/aromatic N) is 1. The van der Waals surface area contributed by atoms with E-state index in [0.29, 0.717) is 12.8 Å². The summed E-state index contributed by atoms with van der Waals surface area (Å²) in [5.41, 5.74) is -1.28. The molecule has 1 atom stereocenters. The second-order valence-electron chi connectivity index (χ2n) is 3.65. The molecule has 0 heterocycles. The van der Waals surface area contributed by atoms with E-state index in [9.17, 15) is 15.2 Å². The smallest absolute Gasteiger partial charge is 0.263 e. The highest BCUT2D eigenvalue weighted by Gasteiger charge is 2.45. The highest BCUT2D eigenvalue weighted by molar-refractivity contribution is 4.89. The van der Waals surface area contributed by atoms with Crippen molar-refractivity contribution in [2.24, 2.45) is 0 Å². The van der Waals surface area contributed by atoms with Gasteiger partial charge in [0.2, 0.25) is 0 Å². The zero-order valence-electron chi connectivity index (χ0n) is 7.48. The number of aliphatic hydroxyl groups excluding tert-OH is 1. The van der Waals surface area contributed by atoms with E-state index >= 15 is 0 Å². The van der Waals surface area contributed by atoms with Gasteiger partial charge in [0.05, 0.1) is 0 Å². The van der Waals surface area contributed by atoms with Gasteiger partial charge in [-0.1, -0.05) is 19.3 Å². The van der Waals surface area contributed by atoms with E-state index in [1.165, 1.54) is 0 Å². The lowest BCUT2D eigenvalue weighted by Gasteiger charge is -2.32. The summed E-state index contributed by atoms with van der Waals surface area (Å²) in [5, 5.41) is 29.2. The van der Waals surface area contributed by atoms with Crippen LogP contribution in [-0.4, -0.2) is 33.4 Å². The Hall–Kier alpha value is -0.680. The Labute approximate surface area is 76.5 Å². The highest BCUT2D eigenvalue weighted by Crippen LogP contribution is 2.31. The standard InChI is InChI=1S/C8H15NO4/c10-6-7(9(12)13)8(11)4-2-1-3-5-8/h7,10-11H,1-6H2. The van der Waals surface area contributed by atoms with Crippen LogP contribution in [0.1, 0.15) is 32.1 Å². The molecule has 0 aromatic carbocycles. The Kier molecular flexibility index (Phi) is 3.22. The predicted octanol–water partition coefficient (Wildman–Crippen LogP) is 0.319. The molecule has 2 N–H and O–H groups in total. The first-order valence-electron chi connectivity index (χ1n) is 4.57. The molecule has 0 aliphatic heterocycles. The van der Waals surface area contributed by atoms with Crippen LogP contribution in [0, 0.1) is 10.1 Å². The van der Waals surface area contributed by atoms with Crippen molar-refractivity contribution in [1.29, 1.82) is 0 Å². The largest absolute Gasteiger partial charge is 0.389 e. The molecule has 0 saturated heterocycles. The van der Waals surface area contributed by atoms with Gasteiger partial charge in [-0.05, 0) is 12.8 Å². The minimum absolute atomic E-state index is 0.430. The molecular formula is C8H15NO4. The van der Waals surface area contributed by atoms with Gasteiger partial charge in [-0.3, -0.25) is 10.1 Å². The molecule has 1 unspecified atom stereocenters. The van der Waals surface area contributed by atoms with E-state index in [0.717, 1.165) is 19.3 Å². The zero-order valence-corrected chi connectivity index (χ0v) is 7.48. The molecule has 0 spiro atoms. The molecule has 0 aromatic heterocycles. The van der Waals surface area contributed by atoms with Crippen LogP contribution in [-0.2, 0) is 0 Å². The minimum atomic E-state index is -1.28. The number of hydrogen-bond donors (Lipinski definition) is 2. The third kappa shape index (κ3) is 2.16. The molecule has 0 aromatic rings. The quantitative estimate of drug-likeness (QED) is 0.494. The lowest BCUT2D eigenvalue weighted by molar-refractivity contribution is -0.550. The van der Waals surface area contributed by atoms with E-state index in [2.05, 4.69) is 0 Å². The van der Waals surface area contributed by atoms with E-state index in [4.69, 9.17) is 5.11 Å². The second-order valence-corrected chi connectivity index (χ2v) is 3.65. The molecular weight excluding hydrogens is 174 g/mol. The molecule has 1 rings (SSSR count). The fourth-order valence-electron chi connectivity index (χ4n) is 1.93. The van der Waals surface area contributed by atoms with E-state index in [1.807, 2.05) is 0 Å². The Morgan fingerprint density at radius 2 is 1.92 bits per heavy atom. The van der Waals surface area contributed by atoms with Gasteiger partial charge in [-0.2, -0.15) is 0 Å². The average Bonchev–Trinajstić information content (AvgIpc) is 2.05. The topological polar surface area (TPSA) is 83.6 Å². The van der Waals surface area contributed by atoms with Crippen molar-refractivity contribution >= 4 is 0 Å². The van der Waals surface area contributed by atoms with Crippen molar-refractivity contribution in [2.45, 2.75) is 43.7 Å². The van der Waals surface area contributed by atoms with Crippen molar-refractivity contribution in [3.05, 3.63) is 10.1 Å². The van der Waals surface area contributed by atoms with Crippen molar-refractivity contribution < 1.29 is 15.1 Å². The summed E-state index contributed by atoms with van der Waals surface area (Å²) >= 11 is 0. The van der Waals surface area contributed by atoms with Crippen molar-refractivity contribution in [1.82, 2.24) is 0 Å². The first-order chi connectivity index (χ1) is 6.10. The summed E-state index contributed by atoms with van der Waals surface area (Å²) in [6, 6.07) is -1.22. The van der Waals surface area contributed by atoms with Gasteiger partial charge in [0.15, 0.2) is 0 Å². The first kappa shape index (κ1) is 10.4. The van der Waals surface area contributed by atoms with Crippen LogP contribution in [0.5, 0.6) is 0 Å². The van der Waals surface area contributed by atoms with Gasteiger partial charge in [0.1, 0.15) is 12.2 Å². The van der Waals surface area contributed by atoms with Crippen LogP contribution < -0.4 is 0 Å². The summed E-state index contributed by atoms with van der Waals surface area (Å²) in [5.74, 6) is 0. The Morgan fingerprint density at radius 1 is 1.38 bits per heavy atom. The third-order valence-electron chi connectivity index (χ3n) is 2.77. The van der Waals surface area contributed by atoms with E-state index in [-0.39, 0.29) is 0 Å². The van der Waals surface area contributed by atoms with Crippen molar-refractivity contribution in [2.75, 3.05) is 6.61 Å². The van der Waals surface area contributed by atoms with Crippen LogP contribution in [0.15, 0.2) is 0 Å². The summed E-state index contributed by atoms with van der Waals surface area (Å²) in [7, 11) is 0. The summed E-state index contributed by atoms with van der Waals surface area (Å²) in [6.07, 6.45) is 3.48. The molecule has 1 saturated carbocycles. The Bertz CT molecular complexity index is 189. The predicted molar refractivity (Wildman–Crippen MR) is 45.9 cm³/mol. The van der Waals surface area contributed by atoms with Crippen LogP contribution in [0.4, 0.5) is 0 Å². The molecule has 0 amide bonds. The van der Waals surface area contributed by atoms with Gasteiger partial charge < -0.3 is 10.2 Å². The number of aliphatic hydroxyl groups is 2. The maximum absolute atomic E-state index is 10.5. The van der Waals surface area contributed by atoms with Gasteiger partial charge in [0, 0.05) is 4.92 Å². The summed E-state index contributed by atoms with van der Waals surface area (Å²) < 4.78 is 0. The van der Waals surface area contributed by atoms with Crippen LogP contribution in [0.3, 0.4) is 0 Å². The molecule has 76 valence electrons. The van der Waals surface area contributed by atoms with Crippen LogP contribution in [0.25, 0.3) is 0 Å². The molecule has 13 heavy (non-hydrogen) atoms. The molecule has 0 bridgehead atoms. The third-order valence-corrected chi connectivity index (χ3v) is 2.77. The number of hydrogen-bond acceptors (Lipinski definition) is 4. The lowest BCUT2D eigenvalue weighted by atomic mass is 9.80. The SMILES string of the molecule is O=[N+]([O-])C(CO)C1(O)CCCCC1. The van der Waals surface area contributed by atoms with E-state index in [1.54, 1.807) is 0 Å². The van der Waals surface area contributed by atoms with Gasteiger partial charge >= 0.3 is 0 Å². The fraction of sp³-hybridized carbons (Fsp3) is 1.00. The molecule has 0 radical (unpaired) electrons. The van der Waals surface area contributed by atoms with Gasteiger partial charge in [-0.15, -0.1) is 0 Å². The van der Waals surface area contributed by atoms with Crippen molar-refractivity contribution in [3.8, 4) is 0 Å². The normalized spacial score (nSPS) is 23.8. The molecule has 1 aliphatic carbocycles. The zero-order chi connectivity index (χ0) is 9.90. The van der Waals surface area contributed by atoms with Crippen LogP contribution in [0.2, 0.25) is 0 Å². The van der Waals surface area contributed by atoms with E-state index < -0.39 is 23.2 Å². The van der Waals surface area contributed by atoms with Gasteiger partial charge in [-0.25, -0.2) is 0 Å². The maximum atomic E-state index is 10.5. The molecule has 5 nitrogen and oxygen atoms in total. The summed E-state index contributed by atoms with van der Waals surface area (Å²) in [6.45, 7) is -0.580. The Morgan fingerprint density at radius 3 is 2.31 bits per heavy atom. The monoisotopic (exact) mass is 189 g/mol. The molecule has 1 fully saturated rings. The molecule has 1 aliphatic rings. The average molecular weight is 189 g/mol. The van der Waals surface area contributed by atoms with Crippen LogP contribution >= 0.6 is 0 Å². The molecule has 5 heteroatoms. The maximum Gasteiger partial charge on any atom is 0.263 e. The lowest BCUT2D eigenvalue weighted by Crippen LogP contribution is -2.50. The second kappa shape index (κ2) is 4.02. The summed E-state index contributed by atoms with van der Waals surface area (Å²) in [4.78, 5) is 9.94. The first-order valence-corrected chi connectivity index (χ1v) is 4.57. The number of nitro groups is 1.